The standard InChI is InChI=1S/C23H27N5O4/c1-17(29)27-10-8-26(9-11-27)7-2-12-31-20-3-5-21(6-4-20)32-22-14-18(23(24)30)13-19-15-25-16-28(19)22/h3-6,13-16H,2,7-12H2,1H3,(H2,24,30). The van der Waals surface area contributed by atoms with E-state index in [2.05, 4.69) is 9.88 Å². The fourth-order valence-corrected chi connectivity index (χ4v) is 3.71. The Balaban J connectivity index is 1.27. The summed E-state index contributed by atoms with van der Waals surface area (Å²) < 4.78 is 13.5. The number of nitrogens with two attached hydrogens (primary N) is 1. The molecule has 2 amide bonds. The van der Waals surface area contributed by atoms with Crippen molar-refractivity contribution in [1.82, 2.24) is 19.2 Å². The molecule has 4 rings (SSSR count). The van der Waals surface area contributed by atoms with Gasteiger partial charge < -0.3 is 20.1 Å². The normalized spacial score (nSPS) is 14.5. The topological polar surface area (TPSA) is 102 Å². The van der Waals surface area contributed by atoms with Crippen LogP contribution in [-0.2, 0) is 4.79 Å². The number of carbonyl (C=O) groups is 2. The molecule has 2 N–H and O–H groups in total. The Labute approximate surface area is 186 Å². The summed E-state index contributed by atoms with van der Waals surface area (Å²) in [6.07, 6.45) is 4.17. The first kappa shape index (κ1) is 21.6. The Morgan fingerprint density at radius 2 is 1.78 bits per heavy atom. The summed E-state index contributed by atoms with van der Waals surface area (Å²) in [5.74, 6) is 1.44. The van der Waals surface area contributed by atoms with Gasteiger partial charge >= 0.3 is 0 Å². The van der Waals surface area contributed by atoms with Crippen LogP contribution in [0.5, 0.6) is 17.4 Å². The van der Waals surface area contributed by atoms with Gasteiger partial charge in [0.05, 0.1) is 18.3 Å². The number of piperazine rings is 1. The Morgan fingerprint density at radius 1 is 1.06 bits per heavy atom. The quantitative estimate of drug-likeness (QED) is 0.542. The third-order valence-corrected chi connectivity index (χ3v) is 5.52. The fourth-order valence-electron chi connectivity index (χ4n) is 3.71. The maximum atomic E-state index is 11.6. The van der Waals surface area contributed by atoms with E-state index in [9.17, 15) is 9.59 Å². The largest absolute Gasteiger partial charge is 0.494 e. The van der Waals surface area contributed by atoms with E-state index in [1.165, 1.54) is 0 Å². The first-order valence-electron chi connectivity index (χ1n) is 10.6. The second kappa shape index (κ2) is 9.69. The van der Waals surface area contributed by atoms with Gasteiger partial charge in [-0.3, -0.25) is 18.9 Å². The molecule has 1 aliphatic heterocycles. The fraction of sp³-hybridized carbons (Fsp3) is 0.348. The Morgan fingerprint density at radius 3 is 2.47 bits per heavy atom. The third kappa shape index (κ3) is 5.17. The van der Waals surface area contributed by atoms with Crippen molar-refractivity contribution in [3.63, 3.8) is 0 Å². The van der Waals surface area contributed by atoms with Gasteiger partial charge in [-0.1, -0.05) is 0 Å². The lowest BCUT2D eigenvalue weighted by atomic mass is 10.2. The van der Waals surface area contributed by atoms with Crippen molar-refractivity contribution in [1.29, 1.82) is 0 Å². The molecule has 0 radical (unpaired) electrons. The van der Waals surface area contributed by atoms with Crippen LogP contribution in [0.25, 0.3) is 5.52 Å². The van der Waals surface area contributed by atoms with Crippen molar-refractivity contribution < 1.29 is 19.1 Å². The molecule has 2 aromatic heterocycles. The molecule has 9 heteroatoms. The predicted molar refractivity (Wildman–Crippen MR) is 119 cm³/mol. The summed E-state index contributed by atoms with van der Waals surface area (Å²) in [4.78, 5) is 31.3. The average molecular weight is 438 g/mol. The molecule has 1 aliphatic rings. The molecular formula is C23H27N5O4. The molecule has 0 atom stereocenters. The van der Waals surface area contributed by atoms with E-state index in [-0.39, 0.29) is 5.91 Å². The molecule has 0 bridgehead atoms. The summed E-state index contributed by atoms with van der Waals surface area (Å²) >= 11 is 0. The van der Waals surface area contributed by atoms with Gasteiger partial charge in [-0.2, -0.15) is 0 Å². The number of pyridine rings is 1. The number of hydrogen-bond donors (Lipinski definition) is 1. The van der Waals surface area contributed by atoms with Gasteiger partial charge in [0.2, 0.25) is 17.7 Å². The number of nitrogens with zero attached hydrogens (tertiary/aromatic N) is 4. The van der Waals surface area contributed by atoms with Gasteiger partial charge in [0.1, 0.15) is 17.8 Å². The zero-order chi connectivity index (χ0) is 22.5. The number of primary amides is 1. The number of hydrogen-bond acceptors (Lipinski definition) is 6. The molecule has 9 nitrogen and oxygen atoms in total. The van der Waals surface area contributed by atoms with Crippen molar-refractivity contribution in [2.75, 3.05) is 39.3 Å². The van der Waals surface area contributed by atoms with Crippen LogP contribution in [0.3, 0.4) is 0 Å². The van der Waals surface area contributed by atoms with Crippen molar-refractivity contribution in [3.8, 4) is 17.4 Å². The average Bonchev–Trinajstić information content (AvgIpc) is 3.27. The summed E-state index contributed by atoms with van der Waals surface area (Å²) in [6, 6.07) is 10.6. The third-order valence-electron chi connectivity index (χ3n) is 5.52. The van der Waals surface area contributed by atoms with Crippen LogP contribution >= 0.6 is 0 Å². The number of amides is 2. The van der Waals surface area contributed by atoms with E-state index in [1.807, 2.05) is 29.2 Å². The molecule has 0 unspecified atom stereocenters. The van der Waals surface area contributed by atoms with Crippen LogP contribution in [0.2, 0.25) is 0 Å². The molecule has 0 spiro atoms. The Bertz CT molecular complexity index is 1090. The maximum Gasteiger partial charge on any atom is 0.248 e. The molecule has 168 valence electrons. The zero-order valence-corrected chi connectivity index (χ0v) is 18.1. The van der Waals surface area contributed by atoms with Crippen molar-refractivity contribution in [2.45, 2.75) is 13.3 Å². The summed E-state index contributed by atoms with van der Waals surface area (Å²) in [7, 11) is 0. The number of carbonyl (C=O) groups excluding carboxylic acids is 2. The first-order valence-corrected chi connectivity index (χ1v) is 10.6. The SMILES string of the molecule is CC(=O)N1CCN(CCCOc2ccc(Oc3cc(C(N)=O)cc4cncn34)cc2)CC1. The van der Waals surface area contributed by atoms with Gasteiger partial charge in [-0.15, -0.1) is 0 Å². The van der Waals surface area contributed by atoms with Gasteiger partial charge in [0.15, 0.2) is 0 Å². The van der Waals surface area contributed by atoms with Crippen molar-refractivity contribution >= 4 is 17.3 Å². The van der Waals surface area contributed by atoms with Gasteiger partial charge in [0, 0.05) is 51.3 Å². The van der Waals surface area contributed by atoms with Gasteiger partial charge in [0.25, 0.3) is 0 Å². The lowest BCUT2D eigenvalue weighted by Gasteiger charge is -2.34. The smallest absolute Gasteiger partial charge is 0.248 e. The van der Waals surface area contributed by atoms with Crippen LogP contribution in [0, 0.1) is 0 Å². The van der Waals surface area contributed by atoms with Crippen LogP contribution < -0.4 is 15.2 Å². The monoisotopic (exact) mass is 437 g/mol. The second-order valence-electron chi connectivity index (χ2n) is 7.76. The number of imidazole rings is 1. The van der Waals surface area contributed by atoms with Crippen LogP contribution in [-0.4, -0.2) is 70.3 Å². The maximum absolute atomic E-state index is 11.6. The highest BCUT2D eigenvalue weighted by molar-refractivity contribution is 5.94. The number of benzene rings is 1. The van der Waals surface area contributed by atoms with E-state index in [4.69, 9.17) is 15.2 Å². The number of aromatic nitrogens is 2. The van der Waals surface area contributed by atoms with E-state index in [0.717, 1.165) is 50.4 Å². The second-order valence-corrected chi connectivity index (χ2v) is 7.76. The highest BCUT2D eigenvalue weighted by atomic mass is 16.5. The Kier molecular flexibility index (Phi) is 6.55. The van der Waals surface area contributed by atoms with E-state index < -0.39 is 5.91 Å². The Hall–Kier alpha value is -3.59. The molecular weight excluding hydrogens is 410 g/mol. The lowest BCUT2D eigenvalue weighted by molar-refractivity contribution is -0.130. The molecule has 3 heterocycles. The lowest BCUT2D eigenvalue weighted by Crippen LogP contribution is -2.48. The summed E-state index contributed by atoms with van der Waals surface area (Å²) in [5, 5.41) is 0. The van der Waals surface area contributed by atoms with Crippen LogP contribution in [0.15, 0.2) is 48.9 Å². The summed E-state index contributed by atoms with van der Waals surface area (Å²) in [6.45, 7) is 6.60. The number of ether oxygens (including phenoxy) is 2. The van der Waals surface area contributed by atoms with E-state index in [1.54, 1.807) is 36.0 Å². The molecule has 1 saturated heterocycles. The molecule has 0 saturated carbocycles. The van der Waals surface area contributed by atoms with E-state index in [0.29, 0.717) is 23.8 Å². The molecule has 1 fully saturated rings. The minimum atomic E-state index is -0.525. The van der Waals surface area contributed by atoms with Crippen LogP contribution in [0.4, 0.5) is 0 Å². The van der Waals surface area contributed by atoms with Crippen LogP contribution in [0.1, 0.15) is 23.7 Å². The highest BCUT2D eigenvalue weighted by Crippen LogP contribution is 2.26. The summed E-state index contributed by atoms with van der Waals surface area (Å²) in [5.41, 5.74) is 6.50. The van der Waals surface area contributed by atoms with Gasteiger partial charge in [-0.25, -0.2) is 4.98 Å². The van der Waals surface area contributed by atoms with Crippen molar-refractivity contribution in [2.24, 2.45) is 5.73 Å². The highest BCUT2D eigenvalue weighted by Gasteiger charge is 2.17. The molecule has 3 aromatic rings. The minimum absolute atomic E-state index is 0.149. The van der Waals surface area contributed by atoms with Crippen molar-refractivity contribution in [3.05, 3.63) is 54.5 Å². The molecule has 32 heavy (non-hydrogen) atoms. The van der Waals surface area contributed by atoms with Gasteiger partial charge in [-0.05, 0) is 36.8 Å². The molecule has 1 aromatic carbocycles. The predicted octanol–water partition coefficient (Wildman–Crippen LogP) is 2.16. The number of rotatable bonds is 8. The molecule has 0 aliphatic carbocycles. The number of fused-ring (bicyclic) bond motifs is 1. The first-order chi connectivity index (χ1) is 15.5. The van der Waals surface area contributed by atoms with E-state index >= 15 is 0 Å². The zero-order valence-electron chi connectivity index (χ0n) is 18.1. The minimum Gasteiger partial charge on any atom is -0.494 e.